The van der Waals surface area contributed by atoms with Crippen molar-refractivity contribution < 1.29 is 4.92 Å². The normalized spacial score (nSPS) is 15.9. The minimum Gasteiger partial charge on any atom is -0.267 e. The zero-order chi connectivity index (χ0) is 15.0. The first kappa shape index (κ1) is 13.9. The molecular weight excluding hydrogens is 292 g/mol. The molecule has 1 fully saturated rings. The maximum Gasteiger partial charge on any atom is 0.344 e. The summed E-state index contributed by atoms with van der Waals surface area (Å²) in [6.07, 6.45) is 2.00. The Bertz CT molecular complexity index is 735. The largest absolute Gasteiger partial charge is 0.344 e. The lowest BCUT2D eigenvalue weighted by molar-refractivity contribution is -0.384. The molecule has 7 nitrogen and oxygen atoms in total. The van der Waals surface area contributed by atoms with Gasteiger partial charge < -0.3 is 0 Å². The minimum absolute atomic E-state index is 0.0300. The van der Waals surface area contributed by atoms with Gasteiger partial charge in [0, 0.05) is 23.4 Å². The van der Waals surface area contributed by atoms with Gasteiger partial charge in [0.1, 0.15) is 0 Å². The number of nitro benzene ring substituents is 1. The monoisotopic (exact) mass is 306 g/mol. The summed E-state index contributed by atoms with van der Waals surface area (Å²) in [5.74, 6) is 0. The summed E-state index contributed by atoms with van der Waals surface area (Å²) in [4.78, 5) is 22.1. The van der Waals surface area contributed by atoms with Crippen molar-refractivity contribution in [3.63, 3.8) is 0 Å². The van der Waals surface area contributed by atoms with Crippen LogP contribution in [0.25, 0.3) is 0 Å². The van der Waals surface area contributed by atoms with Gasteiger partial charge in [0.2, 0.25) is 0 Å². The van der Waals surface area contributed by atoms with Crippen molar-refractivity contribution in [2.24, 2.45) is 0 Å². The summed E-state index contributed by atoms with van der Waals surface area (Å²) in [6.45, 7) is 1.94. The Labute approximate surface area is 124 Å². The van der Waals surface area contributed by atoms with Crippen molar-refractivity contribution in [1.29, 1.82) is 0 Å². The molecule has 0 radical (unpaired) electrons. The van der Waals surface area contributed by atoms with E-state index in [0.29, 0.717) is 5.16 Å². The third-order valence-electron chi connectivity index (χ3n) is 3.42. The molecular formula is C13H14N4O3S. The Morgan fingerprint density at radius 1 is 1.52 bits per heavy atom. The van der Waals surface area contributed by atoms with Crippen molar-refractivity contribution in [2.45, 2.75) is 36.2 Å². The molecule has 110 valence electrons. The molecule has 0 saturated heterocycles. The molecule has 1 N–H and O–H groups in total. The predicted octanol–water partition coefficient (Wildman–Crippen LogP) is 2.67. The summed E-state index contributed by atoms with van der Waals surface area (Å²) >= 11 is 1.43. The zero-order valence-electron chi connectivity index (χ0n) is 11.4. The van der Waals surface area contributed by atoms with Crippen LogP contribution in [0, 0.1) is 10.1 Å². The highest BCUT2D eigenvalue weighted by molar-refractivity contribution is 7.99. The van der Waals surface area contributed by atoms with Gasteiger partial charge in [-0.3, -0.25) is 14.7 Å². The molecule has 0 unspecified atom stereocenters. The topological polar surface area (TPSA) is 93.8 Å². The first-order chi connectivity index (χ1) is 10.1. The standard InChI is InChI=1S/C13H14N4O3S/c1-8(9-3-2-4-11(7-9)17(19)20)21-13-15-14-12(18)16(13)10-5-6-10/h2-4,7-8,10H,5-6H2,1H3,(H,14,18)/t8-/m0/s1. The van der Waals surface area contributed by atoms with Crippen molar-refractivity contribution in [3.8, 4) is 0 Å². The Kier molecular flexibility index (Phi) is 3.54. The molecule has 1 saturated carbocycles. The van der Waals surface area contributed by atoms with Gasteiger partial charge in [0.25, 0.3) is 5.69 Å². The van der Waals surface area contributed by atoms with Crippen molar-refractivity contribution in [2.75, 3.05) is 0 Å². The fraction of sp³-hybridized carbons (Fsp3) is 0.385. The van der Waals surface area contributed by atoms with Gasteiger partial charge in [0.05, 0.1) is 4.92 Å². The quantitative estimate of drug-likeness (QED) is 0.520. The number of aromatic amines is 1. The fourth-order valence-corrected chi connectivity index (χ4v) is 3.19. The first-order valence-corrected chi connectivity index (χ1v) is 7.52. The van der Waals surface area contributed by atoms with Crippen LogP contribution >= 0.6 is 11.8 Å². The number of non-ortho nitro benzene ring substituents is 1. The summed E-state index contributed by atoms with van der Waals surface area (Å²) in [5, 5.41) is 18.0. The maximum atomic E-state index is 11.7. The van der Waals surface area contributed by atoms with E-state index in [1.54, 1.807) is 16.7 Å². The van der Waals surface area contributed by atoms with Crippen molar-refractivity contribution in [1.82, 2.24) is 14.8 Å². The van der Waals surface area contributed by atoms with E-state index in [1.165, 1.54) is 17.8 Å². The van der Waals surface area contributed by atoms with Crippen LogP contribution in [0.4, 0.5) is 5.69 Å². The average molecular weight is 306 g/mol. The van der Waals surface area contributed by atoms with E-state index in [9.17, 15) is 14.9 Å². The highest BCUT2D eigenvalue weighted by Gasteiger charge is 2.29. The zero-order valence-corrected chi connectivity index (χ0v) is 12.2. The molecule has 21 heavy (non-hydrogen) atoms. The van der Waals surface area contributed by atoms with Crippen LogP contribution in [-0.2, 0) is 0 Å². The third-order valence-corrected chi connectivity index (χ3v) is 4.54. The molecule has 0 bridgehead atoms. The molecule has 1 heterocycles. The van der Waals surface area contributed by atoms with Crippen LogP contribution < -0.4 is 5.69 Å². The lowest BCUT2D eigenvalue weighted by Crippen LogP contribution is -2.16. The number of nitrogens with one attached hydrogen (secondary N) is 1. The molecule has 1 atom stereocenters. The second kappa shape index (κ2) is 5.36. The van der Waals surface area contributed by atoms with Gasteiger partial charge in [-0.15, -0.1) is 5.10 Å². The van der Waals surface area contributed by atoms with Gasteiger partial charge in [-0.1, -0.05) is 23.9 Å². The van der Waals surface area contributed by atoms with E-state index >= 15 is 0 Å². The second-order valence-corrected chi connectivity index (χ2v) is 6.33. The van der Waals surface area contributed by atoms with Crippen LogP contribution in [0.15, 0.2) is 34.2 Å². The summed E-state index contributed by atoms with van der Waals surface area (Å²) in [7, 11) is 0. The fourth-order valence-electron chi connectivity index (χ4n) is 2.15. The van der Waals surface area contributed by atoms with Crippen molar-refractivity contribution in [3.05, 3.63) is 50.4 Å². The van der Waals surface area contributed by atoms with Gasteiger partial charge >= 0.3 is 5.69 Å². The molecule has 8 heteroatoms. The molecule has 1 aromatic carbocycles. The van der Waals surface area contributed by atoms with Crippen LogP contribution in [0.5, 0.6) is 0 Å². The number of rotatable bonds is 5. The smallest absolute Gasteiger partial charge is 0.267 e. The van der Waals surface area contributed by atoms with Crippen LogP contribution in [-0.4, -0.2) is 19.7 Å². The molecule has 1 aromatic heterocycles. The average Bonchev–Trinajstić information content (AvgIpc) is 3.24. The summed E-state index contributed by atoms with van der Waals surface area (Å²) in [6, 6.07) is 6.79. The third kappa shape index (κ3) is 2.85. The van der Waals surface area contributed by atoms with Gasteiger partial charge in [0.15, 0.2) is 5.16 Å². The number of nitro groups is 1. The summed E-state index contributed by atoms with van der Waals surface area (Å²) < 4.78 is 1.68. The van der Waals surface area contributed by atoms with Gasteiger partial charge in [-0.2, -0.15) is 0 Å². The Morgan fingerprint density at radius 3 is 2.95 bits per heavy atom. The van der Waals surface area contributed by atoms with Crippen molar-refractivity contribution >= 4 is 17.4 Å². The number of thioether (sulfide) groups is 1. The maximum absolute atomic E-state index is 11.7. The highest BCUT2D eigenvalue weighted by Crippen LogP contribution is 2.40. The van der Waals surface area contributed by atoms with Crippen LogP contribution in [0.2, 0.25) is 0 Å². The van der Waals surface area contributed by atoms with E-state index in [1.807, 2.05) is 13.0 Å². The molecule has 1 aliphatic rings. The number of benzene rings is 1. The van der Waals surface area contributed by atoms with E-state index in [0.717, 1.165) is 18.4 Å². The predicted molar refractivity (Wildman–Crippen MR) is 78.5 cm³/mol. The number of hydrogen-bond acceptors (Lipinski definition) is 5. The van der Waals surface area contributed by atoms with E-state index < -0.39 is 4.92 Å². The van der Waals surface area contributed by atoms with Gasteiger partial charge in [-0.25, -0.2) is 9.89 Å². The molecule has 1 aliphatic carbocycles. The van der Waals surface area contributed by atoms with Crippen LogP contribution in [0.3, 0.4) is 0 Å². The Hall–Kier alpha value is -2.09. The lowest BCUT2D eigenvalue weighted by atomic mass is 10.1. The first-order valence-electron chi connectivity index (χ1n) is 6.64. The van der Waals surface area contributed by atoms with E-state index in [2.05, 4.69) is 10.2 Å². The number of aromatic nitrogens is 3. The Balaban J connectivity index is 1.83. The molecule has 3 rings (SSSR count). The number of H-pyrrole nitrogens is 1. The SMILES string of the molecule is C[C@H](Sc1n[nH]c(=O)n1C1CC1)c1cccc([N+](=O)[O-])c1. The highest BCUT2D eigenvalue weighted by atomic mass is 32.2. The second-order valence-electron chi connectivity index (χ2n) is 5.02. The number of nitrogens with zero attached hydrogens (tertiary/aromatic N) is 3. The van der Waals surface area contributed by atoms with Crippen LogP contribution in [0.1, 0.15) is 36.6 Å². The Morgan fingerprint density at radius 2 is 2.29 bits per heavy atom. The minimum atomic E-state index is -0.407. The van der Waals surface area contributed by atoms with Gasteiger partial charge in [-0.05, 0) is 25.3 Å². The van der Waals surface area contributed by atoms with E-state index in [-0.39, 0.29) is 22.7 Å². The molecule has 2 aromatic rings. The molecule has 0 amide bonds. The van der Waals surface area contributed by atoms with E-state index in [4.69, 9.17) is 0 Å². The molecule has 0 aliphatic heterocycles. The summed E-state index contributed by atoms with van der Waals surface area (Å²) in [5.41, 5.74) is 0.722. The lowest BCUT2D eigenvalue weighted by Gasteiger charge is -2.11. The molecule has 0 spiro atoms. The number of hydrogen-bond donors (Lipinski definition) is 1.